The van der Waals surface area contributed by atoms with Crippen LogP contribution in [0.4, 0.5) is 0 Å². The number of phenolic OH excluding ortho intramolecular Hbond substituents is 2. The van der Waals surface area contributed by atoms with Crippen LogP contribution < -0.4 is 0 Å². The van der Waals surface area contributed by atoms with E-state index in [9.17, 15) is 27.0 Å². The van der Waals surface area contributed by atoms with E-state index in [0.29, 0.717) is 12.1 Å². The molecule has 0 fully saturated rings. The summed E-state index contributed by atoms with van der Waals surface area (Å²) in [7, 11) is -9.26. The van der Waals surface area contributed by atoms with Gasteiger partial charge in [-0.25, -0.2) is 0 Å². The van der Waals surface area contributed by atoms with Crippen molar-refractivity contribution in [2.45, 2.75) is 9.79 Å². The quantitative estimate of drug-likeness (QED) is 0.428. The van der Waals surface area contributed by atoms with Crippen LogP contribution in [-0.4, -0.2) is 95.3 Å². The Morgan fingerprint density at radius 2 is 1.00 bits per heavy atom. The van der Waals surface area contributed by atoms with Crippen LogP contribution in [0, 0.1) is 0 Å². The minimum atomic E-state index is -4.63. The summed E-state index contributed by atoms with van der Waals surface area (Å²) < 4.78 is 61.8. The molecule has 4 N–H and O–H groups in total. The van der Waals surface area contributed by atoms with Gasteiger partial charge in [0, 0.05) is 71.2 Å². The second-order valence-electron chi connectivity index (χ2n) is 3.93. The van der Waals surface area contributed by atoms with Crippen molar-refractivity contribution in [3.63, 3.8) is 0 Å². The minimum Gasteiger partial charge on any atom is -0.507 e. The summed E-state index contributed by atoms with van der Waals surface area (Å²) in [6.07, 6.45) is 0. The molecule has 0 aromatic heterocycles. The van der Waals surface area contributed by atoms with E-state index in [2.05, 4.69) is 0 Å². The standard InChI is InChI=1S/C10H8O8S2.2Na/c11-8-3-6(19(13,14)15)1-5-2-7(20(16,17)18)4-9(12)10(5)8;;/h1-4,11-12H,(H,13,14,15)(H,16,17,18);;. The Hall–Kier alpha value is 0.120. The number of fused-ring (bicyclic) bond motifs is 1. The molecular weight excluding hydrogens is 358 g/mol. The van der Waals surface area contributed by atoms with Crippen LogP contribution in [0.2, 0.25) is 0 Å². The van der Waals surface area contributed by atoms with E-state index in [1.165, 1.54) is 0 Å². The molecule has 0 spiro atoms. The molecule has 0 heterocycles. The van der Waals surface area contributed by atoms with E-state index in [1.807, 2.05) is 0 Å². The molecule has 2 aromatic carbocycles. The topological polar surface area (TPSA) is 149 Å². The summed E-state index contributed by atoms with van der Waals surface area (Å²) in [4.78, 5) is -1.37. The molecule has 0 atom stereocenters. The Labute approximate surface area is 170 Å². The number of phenols is 2. The van der Waals surface area contributed by atoms with Gasteiger partial charge < -0.3 is 10.2 Å². The van der Waals surface area contributed by atoms with Crippen LogP contribution in [0.1, 0.15) is 0 Å². The molecule has 0 aliphatic carbocycles. The van der Waals surface area contributed by atoms with Crippen molar-refractivity contribution in [2.24, 2.45) is 0 Å². The maximum absolute atomic E-state index is 11.0. The zero-order valence-electron chi connectivity index (χ0n) is 11.5. The van der Waals surface area contributed by atoms with Crippen LogP contribution in [-0.2, 0) is 20.2 Å². The van der Waals surface area contributed by atoms with Crippen LogP contribution in [0.5, 0.6) is 11.5 Å². The molecule has 8 nitrogen and oxygen atoms in total. The third kappa shape index (κ3) is 4.57. The monoisotopic (exact) mass is 366 g/mol. The fourth-order valence-electron chi connectivity index (χ4n) is 1.71. The van der Waals surface area contributed by atoms with Gasteiger partial charge in [0.15, 0.2) is 0 Å². The number of hydrogen-bond acceptors (Lipinski definition) is 6. The summed E-state index contributed by atoms with van der Waals surface area (Å²) in [5.74, 6) is -1.34. The van der Waals surface area contributed by atoms with Crippen molar-refractivity contribution in [3.8, 4) is 11.5 Å². The molecule has 0 unspecified atom stereocenters. The predicted octanol–water partition coefficient (Wildman–Crippen LogP) is -0.0172. The summed E-state index contributed by atoms with van der Waals surface area (Å²) in [6, 6.07) is 3.09. The number of aromatic hydroxyl groups is 2. The third-order valence-corrected chi connectivity index (χ3v) is 4.21. The molecule has 12 heteroatoms. The van der Waals surface area contributed by atoms with Crippen LogP contribution >= 0.6 is 0 Å². The number of hydrogen-bond donors (Lipinski definition) is 4. The Kier molecular flexibility index (Phi) is 7.38. The van der Waals surface area contributed by atoms with Crippen molar-refractivity contribution in [1.82, 2.24) is 0 Å². The SMILES string of the molecule is O=S(=O)(O)c1cc(O)c2c(O)cc(S(=O)(=O)O)cc2c1.[Na].[Na]. The second kappa shape index (κ2) is 7.34. The van der Waals surface area contributed by atoms with Gasteiger partial charge in [0.25, 0.3) is 20.2 Å². The van der Waals surface area contributed by atoms with Gasteiger partial charge in [-0.05, 0) is 17.5 Å². The van der Waals surface area contributed by atoms with E-state index in [4.69, 9.17) is 9.11 Å². The average Bonchev–Trinajstić information content (AvgIpc) is 2.25. The molecular formula is C10H8Na2O8S2. The van der Waals surface area contributed by atoms with Crippen molar-refractivity contribution in [2.75, 3.05) is 0 Å². The average molecular weight is 366 g/mol. The Morgan fingerprint density at radius 1 is 0.682 bits per heavy atom. The normalized spacial score (nSPS) is 11.5. The fourth-order valence-corrected chi connectivity index (χ4v) is 2.79. The molecule has 2 radical (unpaired) electrons. The summed E-state index contributed by atoms with van der Waals surface area (Å²) in [5, 5.41) is 18.9. The molecule has 0 aliphatic rings. The molecule has 110 valence electrons. The number of rotatable bonds is 2. The van der Waals surface area contributed by atoms with Gasteiger partial charge in [0.05, 0.1) is 15.2 Å². The smallest absolute Gasteiger partial charge is 0.294 e. The molecule has 0 bridgehead atoms. The first kappa shape index (κ1) is 22.1. The maximum Gasteiger partial charge on any atom is 0.294 e. The van der Waals surface area contributed by atoms with Crippen LogP contribution in [0.25, 0.3) is 10.8 Å². The van der Waals surface area contributed by atoms with Gasteiger partial charge in [0.1, 0.15) is 11.5 Å². The van der Waals surface area contributed by atoms with E-state index in [-0.39, 0.29) is 69.9 Å². The Morgan fingerprint density at radius 3 is 1.27 bits per heavy atom. The van der Waals surface area contributed by atoms with Gasteiger partial charge in [0.2, 0.25) is 0 Å². The van der Waals surface area contributed by atoms with Gasteiger partial charge in [-0.1, -0.05) is 0 Å². The number of benzene rings is 2. The van der Waals surface area contributed by atoms with Gasteiger partial charge in [-0.15, -0.1) is 0 Å². The summed E-state index contributed by atoms with van der Waals surface area (Å²) >= 11 is 0. The zero-order chi connectivity index (χ0) is 15.3. The zero-order valence-corrected chi connectivity index (χ0v) is 17.2. The van der Waals surface area contributed by atoms with E-state index >= 15 is 0 Å². The molecule has 22 heavy (non-hydrogen) atoms. The second-order valence-corrected chi connectivity index (χ2v) is 6.78. The van der Waals surface area contributed by atoms with Gasteiger partial charge in [-0.3, -0.25) is 9.11 Å². The largest absolute Gasteiger partial charge is 0.507 e. The van der Waals surface area contributed by atoms with Crippen LogP contribution in [0.15, 0.2) is 34.1 Å². The van der Waals surface area contributed by atoms with Gasteiger partial charge >= 0.3 is 0 Å². The van der Waals surface area contributed by atoms with E-state index in [1.54, 1.807) is 0 Å². The Bertz CT molecular complexity index is 849. The van der Waals surface area contributed by atoms with E-state index < -0.39 is 41.5 Å². The first-order valence-corrected chi connectivity index (χ1v) is 7.83. The molecule has 0 amide bonds. The summed E-state index contributed by atoms with van der Waals surface area (Å²) in [6.45, 7) is 0. The fraction of sp³-hybridized carbons (Fsp3) is 0. The van der Waals surface area contributed by atoms with Crippen molar-refractivity contribution in [1.29, 1.82) is 0 Å². The van der Waals surface area contributed by atoms with E-state index in [0.717, 1.165) is 12.1 Å². The molecule has 2 rings (SSSR count). The molecule has 2 aromatic rings. The molecule has 0 saturated carbocycles. The first-order valence-electron chi connectivity index (χ1n) is 4.95. The summed E-state index contributed by atoms with van der Waals surface area (Å²) in [5.41, 5.74) is 0. The molecule has 0 saturated heterocycles. The Balaban J connectivity index is 0.00000220. The third-order valence-electron chi connectivity index (χ3n) is 2.55. The van der Waals surface area contributed by atoms with Gasteiger partial charge in [-0.2, -0.15) is 16.8 Å². The van der Waals surface area contributed by atoms with Crippen LogP contribution in [0.3, 0.4) is 0 Å². The first-order chi connectivity index (χ1) is 9.00. The van der Waals surface area contributed by atoms with Crippen molar-refractivity contribution >= 4 is 90.1 Å². The minimum absolute atomic E-state index is 0. The van der Waals surface area contributed by atoms with Crippen molar-refractivity contribution < 1.29 is 36.2 Å². The predicted molar refractivity (Wildman–Crippen MR) is 78.4 cm³/mol. The maximum atomic E-state index is 11.0. The molecule has 0 aliphatic heterocycles. The van der Waals surface area contributed by atoms with Crippen molar-refractivity contribution in [3.05, 3.63) is 24.3 Å².